The monoisotopic (exact) mass is 491 g/mol. The fourth-order valence-corrected chi connectivity index (χ4v) is 4.41. The number of piperazine rings is 1. The summed E-state index contributed by atoms with van der Waals surface area (Å²) in [7, 11) is 1.59. The maximum atomic E-state index is 12.4. The van der Waals surface area contributed by atoms with Crippen LogP contribution in [-0.2, 0) is 0 Å². The Labute approximate surface area is 202 Å². The molecule has 2 aromatic carbocycles. The van der Waals surface area contributed by atoms with Gasteiger partial charge in [-0.25, -0.2) is 0 Å². The van der Waals surface area contributed by atoms with Gasteiger partial charge < -0.3 is 24.5 Å². The van der Waals surface area contributed by atoms with Crippen LogP contribution in [0.15, 0.2) is 46.9 Å². The van der Waals surface area contributed by atoms with Gasteiger partial charge in [-0.3, -0.25) is 9.69 Å². The highest BCUT2D eigenvalue weighted by Crippen LogP contribution is 2.33. The second-order valence-corrected chi connectivity index (χ2v) is 8.86. The first-order chi connectivity index (χ1) is 15.9. The quantitative estimate of drug-likeness (QED) is 0.494. The minimum Gasteiger partial charge on any atom is -0.497 e. The number of nitrogens with zero attached hydrogens (tertiary/aromatic N) is 2. The summed E-state index contributed by atoms with van der Waals surface area (Å²) in [4.78, 5) is 16.8. The number of furan rings is 1. The van der Waals surface area contributed by atoms with Crippen LogP contribution in [0.5, 0.6) is 5.75 Å². The van der Waals surface area contributed by atoms with Crippen molar-refractivity contribution in [2.24, 2.45) is 0 Å². The van der Waals surface area contributed by atoms with E-state index in [1.807, 2.05) is 18.2 Å². The van der Waals surface area contributed by atoms with E-state index in [4.69, 9.17) is 32.4 Å². The molecule has 1 fully saturated rings. The molecule has 1 aliphatic heterocycles. The number of halogens is 2. The van der Waals surface area contributed by atoms with Gasteiger partial charge in [0.2, 0.25) is 0 Å². The van der Waals surface area contributed by atoms with Gasteiger partial charge in [-0.1, -0.05) is 29.3 Å². The predicted molar refractivity (Wildman–Crippen MR) is 131 cm³/mol. The number of aliphatic hydroxyl groups excluding tert-OH is 1. The topological polar surface area (TPSA) is 78.2 Å². The van der Waals surface area contributed by atoms with E-state index >= 15 is 0 Å². The van der Waals surface area contributed by atoms with Gasteiger partial charge in [0, 0.05) is 44.7 Å². The van der Waals surface area contributed by atoms with Crippen LogP contribution in [0.1, 0.15) is 17.0 Å². The zero-order chi connectivity index (χ0) is 23.4. The molecule has 3 aromatic rings. The third-order valence-corrected chi connectivity index (χ3v) is 6.63. The molecule has 0 spiro atoms. The maximum absolute atomic E-state index is 12.4. The number of amides is 1. The van der Waals surface area contributed by atoms with Gasteiger partial charge in [0.05, 0.1) is 28.9 Å². The van der Waals surface area contributed by atoms with Crippen LogP contribution in [0.4, 0.5) is 5.69 Å². The normalized spacial score (nSPS) is 15.6. The molecule has 176 valence electrons. The molecule has 33 heavy (non-hydrogen) atoms. The zero-order valence-corrected chi connectivity index (χ0v) is 19.9. The Morgan fingerprint density at radius 2 is 1.97 bits per heavy atom. The van der Waals surface area contributed by atoms with Crippen molar-refractivity contribution in [1.29, 1.82) is 0 Å². The summed E-state index contributed by atoms with van der Waals surface area (Å²) in [6, 6.07) is 12.7. The molecule has 0 saturated carbocycles. The molecule has 1 aliphatic rings. The summed E-state index contributed by atoms with van der Waals surface area (Å²) in [6.45, 7) is 4.15. The Morgan fingerprint density at radius 3 is 2.73 bits per heavy atom. The van der Waals surface area contributed by atoms with E-state index in [-0.39, 0.29) is 11.7 Å². The number of anilines is 1. The lowest BCUT2D eigenvalue weighted by Gasteiger charge is -2.37. The van der Waals surface area contributed by atoms with Gasteiger partial charge in [0.25, 0.3) is 5.91 Å². The Bertz CT molecular complexity index is 1110. The number of hydrogen-bond donors (Lipinski definition) is 2. The van der Waals surface area contributed by atoms with Gasteiger partial charge in [-0.05, 0) is 42.8 Å². The van der Waals surface area contributed by atoms with Gasteiger partial charge in [-0.15, -0.1) is 0 Å². The lowest BCUT2D eigenvalue weighted by Crippen LogP contribution is -2.49. The van der Waals surface area contributed by atoms with E-state index in [0.717, 1.165) is 37.3 Å². The molecule has 0 aliphatic carbocycles. The fraction of sp³-hybridized carbons (Fsp3) is 0.375. The smallest absolute Gasteiger partial charge is 0.287 e. The second kappa shape index (κ2) is 10.7. The van der Waals surface area contributed by atoms with Crippen LogP contribution in [0.2, 0.25) is 10.0 Å². The molecular formula is C24H27Cl2N3O4. The summed E-state index contributed by atoms with van der Waals surface area (Å²) < 4.78 is 10.8. The molecule has 0 bridgehead atoms. The molecule has 2 heterocycles. The Kier molecular flexibility index (Phi) is 7.65. The van der Waals surface area contributed by atoms with Crippen LogP contribution >= 0.6 is 23.2 Å². The number of carbonyl (C=O) groups excluding carboxylic acids is 1. The maximum Gasteiger partial charge on any atom is 0.287 e. The largest absolute Gasteiger partial charge is 0.497 e. The highest BCUT2D eigenvalue weighted by atomic mass is 35.5. The first kappa shape index (κ1) is 23.7. The van der Waals surface area contributed by atoms with E-state index in [9.17, 15) is 9.90 Å². The number of methoxy groups -OCH3 is 1. The minimum absolute atomic E-state index is 0.239. The molecule has 2 N–H and O–H groups in total. The fourth-order valence-electron chi connectivity index (χ4n) is 4.00. The van der Waals surface area contributed by atoms with Gasteiger partial charge in [0.15, 0.2) is 5.76 Å². The van der Waals surface area contributed by atoms with Crippen LogP contribution < -0.4 is 15.0 Å². The number of ether oxygens (including phenoxy) is 1. The third kappa shape index (κ3) is 5.73. The minimum atomic E-state index is -0.536. The number of rotatable bonds is 8. The molecule has 9 heteroatoms. The molecule has 7 nitrogen and oxygen atoms in total. The van der Waals surface area contributed by atoms with Crippen LogP contribution in [0.25, 0.3) is 11.0 Å². The zero-order valence-electron chi connectivity index (χ0n) is 18.4. The number of benzene rings is 2. The van der Waals surface area contributed by atoms with Crippen molar-refractivity contribution in [3.63, 3.8) is 0 Å². The van der Waals surface area contributed by atoms with Crippen LogP contribution in [0.3, 0.4) is 0 Å². The predicted octanol–water partition coefficient (Wildman–Crippen LogP) is 4.05. The van der Waals surface area contributed by atoms with E-state index in [2.05, 4.69) is 15.1 Å². The standard InChI is InChI=1S/C24H27Cl2N3O4/c1-32-18-5-6-21-16(13-18)14-22(33-21)24(31)27-8-7-17(30)15-28-9-11-29(12-10-28)20-4-2-3-19(25)23(20)26/h2-6,13-14,17,30H,7-12,15H2,1H3,(H,27,31). The average molecular weight is 492 g/mol. The van der Waals surface area contributed by atoms with Crippen molar-refractivity contribution < 1.29 is 19.1 Å². The average Bonchev–Trinajstić information content (AvgIpc) is 3.25. The molecule has 1 saturated heterocycles. The van der Waals surface area contributed by atoms with Crippen LogP contribution in [0, 0.1) is 0 Å². The lowest BCUT2D eigenvalue weighted by molar-refractivity contribution is 0.0883. The molecule has 1 atom stereocenters. The number of fused-ring (bicyclic) bond motifs is 1. The number of carbonyl (C=O) groups is 1. The number of nitrogens with one attached hydrogen (secondary N) is 1. The van der Waals surface area contributed by atoms with Crippen LogP contribution in [-0.4, -0.2) is 68.4 Å². The SMILES string of the molecule is COc1ccc2oc(C(=O)NCCC(O)CN3CCN(c4cccc(Cl)c4Cl)CC3)cc2c1. The molecule has 0 radical (unpaired) electrons. The summed E-state index contributed by atoms with van der Waals surface area (Å²) in [5, 5.41) is 15.2. The van der Waals surface area contributed by atoms with E-state index in [1.54, 1.807) is 31.4 Å². The molecular weight excluding hydrogens is 465 g/mol. The first-order valence-electron chi connectivity index (χ1n) is 10.9. The van der Waals surface area contributed by atoms with Crippen molar-refractivity contribution >= 4 is 45.8 Å². The Hall–Kier alpha value is -2.45. The Morgan fingerprint density at radius 1 is 1.18 bits per heavy atom. The Balaban J connectivity index is 1.20. The first-order valence-corrected chi connectivity index (χ1v) is 11.7. The molecule has 1 unspecified atom stereocenters. The third-order valence-electron chi connectivity index (χ3n) is 5.82. The number of β-amino-alcohol motifs (C(OH)–C–C–N with tert-alkyl or cyclic N) is 1. The van der Waals surface area contributed by atoms with E-state index < -0.39 is 6.10 Å². The second-order valence-electron chi connectivity index (χ2n) is 8.07. The summed E-state index contributed by atoms with van der Waals surface area (Å²) in [5.41, 5.74) is 1.57. The summed E-state index contributed by atoms with van der Waals surface area (Å²) in [6.07, 6.45) is -0.0771. The molecule has 1 amide bonds. The van der Waals surface area contributed by atoms with Gasteiger partial charge >= 0.3 is 0 Å². The van der Waals surface area contributed by atoms with Gasteiger partial charge in [-0.2, -0.15) is 0 Å². The van der Waals surface area contributed by atoms with Crippen molar-refractivity contribution in [1.82, 2.24) is 10.2 Å². The van der Waals surface area contributed by atoms with E-state index in [0.29, 0.717) is 40.9 Å². The lowest BCUT2D eigenvalue weighted by atomic mass is 10.2. The van der Waals surface area contributed by atoms with Crippen molar-refractivity contribution in [2.75, 3.05) is 51.3 Å². The highest BCUT2D eigenvalue weighted by Gasteiger charge is 2.21. The van der Waals surface area contributed by atoms with Crippen molar-refractivity contribution in [2.45, 2.75) is 12.5 Å². The molecule has 1 aromatic heterocycles. The highest BCUT2D eigenvalue weighted by molar-refractivity contribution is 6.43. The number of aliphatic hydroxyl groups is 1. The van der Waals surface area contributed by atoms with Crippen molar-refractivity contribution in [3.05, 3.63) is 58.3 Å². The van der Waals surface area contributed by atoms with E-state index in [1.165, 1.54) is 0 Å². The molecule has 4 rings (SSSR count). The van der Waals surface area contributed by atoms with Gasteiger partial charge in [0.1, 0.15) is 11.3 Å². The summed E-state index contributed by atoms with van der Waals surface area (Å²) >= 11 is 12.5. The summed E-state index contributed by atoms with van der Waals surface area (Å²) in [5.74, 6) is 0.641. The van der Waals surface area contributed by atoms with Crippen molar-refractivity contribution in [3.8, 4) is 5.75 Å². The number of hydrogen-bond acceptors (Lipinski definition) is 6.